The van der Waals surface area contributed by atoms with Crippen molar-refractivity contribution < 1.29 is 4.79 Å². The van der Waals surface area contributed by atoms with Crippen molar-refractivity contribution in [2.24, 2.45) is 5.10 Å². The van der Waals surface area contributed by atoms with Crippen molar-refractivity contribution in [2.75, 3.05) is 0 Å². The summed E-state index contributed by atoms with van der Waals surface area (Å²) < 4.78 is 0. The van der Waals surface area contributed by atoms with Gasteiger partial charge in [0, 0.05) is 30.6 Å². The van der Waals surface area contributed by atoms with Gasteiger partial charge in [0.25, 0.3) is 5.91 Å². The van der Waals surface area contributed by atoms with E-state index in [9.17, 15) is 4.79 Å². The van der Waals surface area contributed by atoms with E-state index in [-0.39, 0.29) is 11.9 Å². The van der Waals surface area contributed by atoms with E-state index in [4.69, 9.17) is 0 Å². The van der Waals surface area contributed by atoms with Crippen LogP contribution in [0.4, 0.5) is 0 Å². The van der Waals surface area contributed by atoms with Gasteiger partial charge in [-0.05, 0) is 42.3 Å². The maximum Gasteiger partial charge on any atom is 0.274 e. The lowest BCUT2D eigenvalue weighted by Gasteiger charge is -2.23. The summed E-state index contributed by atoms with van der Waals surface area (Å²) in [7, 11) is 0. The number of hydrogen-bond donors (Lipinski definition) is 0. The summed E-state index contributed by atoms with van der Waals surface area (Å²) in [5, 5.41) is 6.24. The summed E-state index contributed by atoms with van der Waals surface area (Å²) in [6, 6.07) is 17.1. The van der Waals surface area contributed by atoms with Gasteiger partial charge in [0.2, 0.25) is 0 Å². The van der Waals surface area contributed by atoms with Crippen LogP contribution in [-0.2, 0) is 0 Å². The zero-order valence-corrected chi connectivity index (χ0v) is 14.4. The maximum atomic E-state index is 13.1. The Labute approximate surface area is 152 Å². The van der Waals surface area contributed by atoms with E-state index in [1.165, 1.54) is 0 Å². The topological polar surface area (TPSA) is 58.5 Å². The smallest absolute Gasteiger partial charge is 0.267 e. The molecule has 3 heterocycles. The number of carbonyl (C=O) groups excluding carboxylic acids is 1. The molecule has 5 nitrogen and oxygen atoms in total. The van der Waals surface area contributed by atoms with E-state index in [1.54, 1.807) is 35.7 Å². The third kappa shape index (κ3) is 2.99. The Balaban J connectivity index is 1.76. The number of rotatable bonds is 3. The summed E-state index contributed by atoms with van der Waals surface area (Å²) in [4.78, 5) is 21.5. The number of aryl methyl sites for hydroxylation is 1. The van der Waals surface area contributed by atoms with E-state index >= 15 is 0 Å². The molecule has 1 aliphatic heterocycles. The van der Waals surface area contributed by atoms with E-state index in [1.807, 2.05) is 30.3 Å². The molecule has 26 heavy (non-hydrogen) atoms. The van der Waals surface area contributed by atoms with Gasteiger partial charge in [0.15, 0.2) is 0 Å². The van der Waals surface area contributed by atoms with Crippen molar-refractivity contribution in [1.82, 2.24) is 15.0 Å². The minimum absolute atomic E-state index is 0.133. The monoisotopic (exact) mass is 342 g/mol. The van der Waals surface area contributed by atoms with Crippen LogP contribution >= 0.6 is 0 Å². The molecule has 5 heteroatoms. The van der Waals surface area contributed by atoms with E-state index in [0.717, 1.165) is 22.5 Å². The highest BCUT2D eigenvalue weighted by Crippen LogP contribution is 2.34. The van der Waals surface area contributed by atoms with Crippen LogP contribution in [0.15, 0.2) is 78.3 Å². The summed E-state index contributed by atoms with van der Waals surface area (Å²) in [5.41, 5.74) is 4.44. The first-order valence-corrected chi connectivity index (χ1v) is 8.52. The van der Waals surface area contributed by atoms with Gasteiger partial charge in [-0.15, -0.1) is 0 Å². The van der Waals surface area contributed by atoms with Crippen LogP contribution in [0.1, 0.15) is 39.6 Å². The second kappa shape index (κ2) is 6.88. The number of benzene rings is 1. The molecular weight excluding hydrogens is 324 g/mol. The van der Waals surface area contributed by atoms with Crippen molar-refractivity contribution in [2.45, 2.75) is 19.4 Å². The van der Waals surface area contributed by atoms with Gasteiger partial charge in [-0.2, -0.15) is 5.10 Å². The second-order valence-corrected chi connectivity index (χ2v) is 6.22. The molecule has 0 radical (unpaired) electrons. The van der Waals surface area contributed by atoms with Crippen molar-refractivity contribution in [1.29, 1.82) is 0 Å². The number of hydrogen-bond acceptors (Lipinski definition) is 4. The molecule has 3 aromatic rings. The second-order valence-electron chi connectivity index (χ2n) is 6.22. The predicted octanol–water partition coefficient (Wildman–Crippen LogP) is 3.78. The quantitative estimate of drug-likeness (QED) is 0.728. The first-order chi connectivity index (χ1) is 12.7. The van der Waals surface area contributed by atoms with Gasteiger partial charge in [-0.25, -0.2) is 5.01 Å². The first kappa shape index (κ1) is 16.1. The third-order valence-electron chi connectivity index (χ3n) is 4.55. The molecule has 0 N–H and O–H groups in total. The number of nitrogens with zero attached hydrogens (tertiary/aromatic N) is 4. The van der Waals surface area contributed by atoms with Crippen LogP contribution in [0.3, 0.4) is 0 Å². The molecule has 128 valence electrons. The summed E-state index contributed by atoms with van der Waals surface area (Å²) in [6.45, 7) is 2.06. The molecule has 0 bridgehead atoms. The minimum atomic E-state index is -0.145. The van der Waals surface area contributed by atoms with Crippen LogP contribution < -0.4 is 0 Å². The van der Waals surface area contributed by atoms with Crippen LogP contribution in [0.2, 0.25) is 0 Å². The van der Waals surface area contributed by atoms with Crippen LogP contribution in [0.25, 0.3) is 0 Å². The first-order valence-electron chi connectivity index (χ1n) is 8.52. The SMILES string of the molecule is Cc1ccccc1C1CC(c2ccccn2)=NN1C(=O)c1ccncc1. The van der Waals surface area contributed by atoms with Gasteiger partial charge in [-0.3, -0.25) is 14.8 Å². The van der Waals surface area contributed by atoms with Crippen LogP contribution in [0.5, 0.6) is 0 Å². The van der Waals surface area contributed by atoms with Crippen molar-refractivity contribution >= 4 is 11.6 Å². The molecule has 1 amide bonds. The Morgan fingerprint density at radius 3 is 2.50 bits per heavy atom. The van der Waals surface area contributed by atoms with E-state index in [2.05, 4.69) is 34.1 Å². The highest BCUT2D eigenvalue weighted by molar-refractivity contribution is 6.03. The van der Waals surface area contributed by atoms with E-state index in [0.29, 0.717) is 12.0 Å². The average molecular weight is 342 g/mol. The lowest BCUT2D eigenvalue weighted by atomic mass is 9.96. The third-order valence-corrected chi connectivity index (χ3v) is 4.55. The molecular formula is C21H18N4O. The predicted molar refractivity (Wildman–Crippen MR) is 99.7 cm³/mol. The van der Waals surface area contributed by atoms with Gasteiger partial charge >= 0.3 is 0 Å². The van der Waals surface area contributed by atoms with Crippen molar-refractivity contribution in [3.8, 4) is 0 Å². The highest BCUT2D eigenvalue weighted by atomic mass is 16.2. The van der Waals surface area contributed by atoms with Crippen LogP contribution in [-0.4, -0.2) is 26.6 Å². The molecule has 0 aliphatic carbocycles. The molecule has 0 spiro atoms. The van der Waals surface area contributed by atoms with Gasteiger partial charge in [0.05, 0.1) is 17.4 Å². The highest BCUT2D eigenvalue weighted by Gasteiger charge is 2.34. The molecule has 1 aliphatic rings. The standard InChI is InChI=1S/C21H18N4O/c1-15-6-2-3-7-17(15)20-14-19(18-8-4-5-11-23-18)24-25(20)21(26)16-9-12-22-13-10-16/h2-13,20H,14H2,1H3. The van der Waals surface area contributed by atoms with Crippen molar-refractivity contribution in [3.05, 3.63) is 95.6 Å². The Kier molecular flexibility index (Phi) is 4.27. The number of aromatic nitrogens is 2. The average Bonchev–Trinajstić information content (AvgIpc) is 3.14. The molecule has 0 fully saturated rings. The molecule has 4 rings (SSSR count). The lowest BCUT2D eigenvalue weighted by Crippen LogP contribution is -2.27. The molecule has 1 aromatic carbocycles. The molecule has 1 unspecified atom stereocenters. The molecule has 1 atom stereocenters. The fraction of sp³-hybridized carbons (Fsp3) is 0.143. The Morgan fingerprint density at radius 1 is 1.00 bits per heavy atom. The summed E-state index contributed by atoms with van der Waals surface area (Å²) in [5.74, 6) is -0.133. The van der Waals surface area contributed by atoms with Gasteiger partial charge in [-0.1, -0.05) is 30.3 Å². The Hall–Kier alpha value is -3.34. The molecule has 2 aromatic heterocycles. The zero-order valence-electron chi connectivity index (χ0n) is 14.4. The van der Waals surface area contributed by atoms with Crippen LogP contribution in [0, 0.1) is 6.92 Å². The normalized spacial score (nSPS) is 16.4. The summed E-state index contributed by atoms with van der Waals surface area (Å²) >= 11 is 0. The minimum Gasteiger partial charge on any atom is -0.267 e. The zero-order chi connectivity index (χ0) is 17.9. The fourth-order valence-corrected chi connectivity index (χ4v) is 3.22. The maximum absolute atomic E-state index is 13.1. The van der Waals surface area contributed by atoms with Gasteiger partial charge < -0.3 is 0 Å². The Morgan fingerprint density at radius 2 is 1.77 bits per heavy atom. The number of hydrazone groups is 1. The van der Waals surface area contributed by atoms with Gasteiger partial charge in [0.1, 0.15) is 0 Å². The number of amides is 1. The number of carbonyl (C=O) groups is 1. The fourth-order valence-electron chi connectivity index (χ4n) is 3.22. The number of pyridine rings is 2. The summed E-state index contributed by atoms with van der Waals surface area (Å²) in [6.07, 6.45) is 5.62. The Bertz CT molecular complexity index is 954. The molecule has 0 saturated heterocycles. The molecule has 0 saturated carbocycles. The largest absolute Gasteiger partial charge is 0.274 e. The van der Waals surface area contributed by atoms with E-state index < -0.39 is 0 Å². The lowest BCUT2D eigenvalue weighted by molar-refractivity contribution is 0.0710. The van der Waals surface area contributed by atoms with Crippen molar-refractivity contribution in [3.63, 3.8) is 0 Å².